The largest absolute Gasteiger partial charge is 0.336 e. The van der Waals surface area contributed by atoms with E-state index in [2.05, 4.69) is 10.6 Å². The van der Waals surface area contributed by atoms with Gasteiger partial charge in [0.05, 0.1) is 10.9 Å². The van der Waals surface area contributed by atoms with Gasteiger partial charge >= 0.3 is 6.03 Å². The van der Waals surface area contributed by atoms with E-state index in [1.165, 1.54) is 17.0 Å². The molecule has 0 spiro atoms. The highest BCUT2D eigenvalue weighted by atomic mass is 32.2. The molecule has 2 N–H and O–H groups in total. The monoisotopic (exact) mass is 381 g/mol. The average Bonchev–Trinajstić information content (AvgIpc) is 3.02. The van der Waals surface area contributed by atoms with Gasteiger partial charge in [-0.25, -0.2) is 13.2 Å². The fourth-order valence-corrected chi connectivity index (χ4v) is 3.91. The predicted octanol–water partition coefficient (Wildman–Crippen LogP) is 2.88. The number of aryl methyl sites for hydroxylation is 1. The normalized spacial score (nSPS) is 12.8. The number of anilines is 1. The quantitative estimate of drug-likeness (QED) is 0.806. The van der Waals surface area contributed by atoms with E-state index in [4.69, 9.17) is 0 Å². The number of benzene rings is 1. The molecule has 0 aliphatic rings. The van der Waals surface area contributed by atoms with Crippen molar-refractivity contribution < 1.29 is 13.2 Å². The van der Waals surface area contributed by atoms with Crippen LogP contribution in [-0.4, -0.2) is 46.2 Å². The second kappa shape index (κ2) is 7.99. The molecule has 8 heteroatoms. The molecule has 0 bridgehead atoms. The fourth-order valence-electron chi connectivity index (χ4n) is 2.34. The van der Waals surface area contributed by atoms with Crippen molar-refractivity contribution in [2.45, 2.75) is 17.9 Å². The third kappa shape index (κ3) is 5.29. The minimum atomic E-state index is -3.32. The lowest BCUT2D eigenvalue weighted by molar-refractivity contribution is 0.244. The van der Waals surface area contributed by atoms with E-state index in [0.29, 0.717) is 12.2 Å². The van der Waals surface area contributed by atoms with E-state index in [1.54, 1.807) is 17.4 Å². The molecule has 25 heavy (non-hydrogen) atoms. The smallest absolute Gasteiger partial charge is 0.319 e. The fraction of sp³-hybridized carbons (Fsp3) is 0.353. The maximum absolute atomic E-state index is 12.2. The SMILES string of the molecule is Cc1ccc(S(C)(=O)=O)cc1NC(=O)NCC(c1cccs1)N(C)C. The van der Waals surface area contributed by atoms with Crippen LogP contribution in [0.5, 0.6) is 0 Å². The number of urea groups is 1. The topological polar surface area (TPSA) is 78.5 Å². The van der Waals surface area contributed by atoms with Gasteiger partial charge in [-0.1, -0.05) is 12.1 Å². The lowest BCUT2D eigenvalue weighted by Crippen LogP contribution is -2.36. The van der Waals surface area contributed by atoms with Crippen LogP contribution in [-0.2, 0) is 9.84 Å². The van der Waals surface area contributed by atoms with Crippen LogP contribution in [0.1, 0.15) is 16.5 Å². The van der Waals surface area contributed by atoms with Crippen LogP contribution in [0.15, 0.2) is 40.6 Å². The number of carbonyl (C=O) groups is 1. The first-order chi connectivity index (χ1) is 11.7. The van der Waals surface area contributed by atoms with Crippen LogP contribution in [0.4, 0.5) is 10.5 Å². The summed E-state index contributed by atoms with van der Waals surface area (Å²) in [5, 5.41) is 7.59. The van der Waals surface area contributed by atoms with E-state index in [1.807, 2.05) is 43.4 Å². The van der Waals surface area contributed by atoms with Gasteiger partial charge in [0.1, 0.15) is 0 Å². The molecule has 1 heterocycles. The summed E-state index contributed by atoms with van der Waals surface area (Å²) in [6.45, 7) is 2.26. The van der Waals surface area contributed by atoms with Crippen LogP contribution in [0.2, 0.25) is 0 Å². The van der Waals surface area contributed by atoms with Crippen LogP contribution in [0.3, 0.4) is 0 Å². The van der Waals surface area contributed by atoms with Gasteiger partial charge in [0.2, 0.25) is 0 Å². The van der Waals surface area contributed by atoms with Crippen molar-refractivity contribution in [1.82, 2.24) is 10.2 Å². The molecule has 0 aliphatic carbocycles. The van der Waals surface area contributed by atoms with Crippen molar-refractivity contribution in [3.8, 4) is 0 Å². The molecule has 0 saturated heterocycles. The first kappa shape index (κ1) is 19.4. The third-order valence-electron chi connectivity index (χ3n) is 3.84. The van der Waals surface area contributed by atoms with E-state index >= 15 is 0 Å². The number of hydrogen-bond donors (Lipinski definition) is 2. The van der Waals surface area contributed by atoms with Crippen molar-refractivity contribution in [1.29, 1.82) is 0 Å². The minimum absolute atomic E-state index is 0.0780. The minimum Gasteiger partial charge on any atom is -0.336 e. The molecule has 0 fully saturated rings. The predicted molar refractivity (Wildman–Crippen MR) is 102 cm³/mol. The molecule has 0 radical (unpaired) electrons. The molecule has 1 aromatic heterocycles. The maximum atomic E-state index is 12.2. The Balaban J connectivity index is 2.05. The summed E-state index contributed by atoms with van der Waals surface area (Å²) in [4.78, 5) is 15.6. The summed E-state index contributed by atoms with van der Waals surface area (Å²) >= 11 is 1.64. The van der Waals surface area contributed by atoms with Crippen molar-refractivity contribution in [3.05, 3.63) is 46.2 Å². The molecule has 2 aromatic rings. The van der Waals surface area contributed by atoms with Crippen LogP contribution in [0.25, 0.3) is 0 Å². The number of sulfone groups is 1. The van der Waals surface area contributed by atoms with Gasteiger partial charge in [-0.2, -0.15) is 0 Å². The molecule has 1 unspecified atom stereocenters. The lowest BCUT2D eigenvalue weighted by atomic mass is 10.2. The van der Waals surface area contributed by atoms with Crippen LogP contribution in [0, 0.1) is 6.92 Å². The van der Waals surface area contributed by atoms with E-state index < -0.39 is 9.84 Å². The van der Waals surface area contributed by atoms with Crippen molar-refractivity contribution in [2.24, 2.45) is 0 Å². The summed E-state index contributed by atoms with van der Waals surface area (Å²) in [6, 6.07) is 8.43. The summed E-state index contributed by atoms with van der Waals surface area (Å²) in [6.07, 6.45) is 1.14. The van der Waals surface area contributed by atoms with Crippen LogP contribution >= 0.6 is 11.3 Å². The Hall–Kier alpha value is -1.90. The van der Waals surface area contributed by atoms with Gasteiger partial charge in [-0.3, -0.25) is 0 Å². The van der Waals surface area contributed by atoms with E-state index in [9.17, 15) is 13.2 Å². The molecule has 1 aromatic carbocycles. The van der Waals surface area contributed by atoms with E-state index in [-0.39, 0.29) is 17.0 Å². The second-order valence-corrected chi connectivity index (χ2v) is 9.07. The first-order valence-electron chi connectivity index (χ1n) is 7.74. The highest BCUT2D eigenvalue weighted by molar-refractivity contribution is 7.90. The number of nitrogens with one attached hydrogen (secondary N) is 2. The molecule has 6 nitrogen and oxygen atoms in total. The zero-order valence-electron chi connectivity index (χ0n) is 14.7. The Morgan fingerprint density at radius 3 is 2.56 bits per heavy atom. The number of hydrogen-bond acceptors (Lipinski definition) is 5. The number of nitrogens with zero attached hydrogens (tertiary/aromatic N) is 1. The maximum Gasteiger partial charge on any atom is 0.319 e. The zero-order valence-corrected chi connectivity index (χ0v) is 16.4. The molecule has 1 atom stereocenters. The Kier molecular flexibility index (Phi) is 6.21. The molecular weight excluding hydrogens is 358 g/mol. The molecule has 2 rings (SSSR count). The standard InChI is InChI=1S/C17H23N3O3S2/c1-12-7-8-13(25(4,22)23)10-14(12)19-17(21)18-11-15(20(2)3)16-6-5-9-24-16/h5-10,15H,11H2,1-4H3,(H2,18,19,21). The Bertz CT molecular complexity index is 831. The Labute approximate surface area is 152 Å². The Morgan fingerprint density at radius 1 is 1.28 bits per heavy atom. The molecule has 136 valence electrons. The summed E-state index contributed by atoms with van der Waals surface area (Å²) in [5.74, 6) is 0. The third-order valence-corrected chi connectivity index (χ3v) is 5.92. The number of thiophene rings is 1. The molecule has 0 aliphatic heterocycles. The van der Waals surface area contributed by atoms with Gasteiger partial charge in [0.15, 0.2) is 9.84 Å². The number of rotatable bonds is 6. The van der Waals surface area contributed by atoms with Gasteiger partial charge in [0.25, 0.3) is 0 Å². The summed E-state index contributed by atoms with van der Waals surface area (Å²) < 4.78 is 23.3. The Morgan fingerprint density at radius 2 is 2.00 bits per heavy atom. The van der Waals surface area contributed by atoms with Gasteiger partial charge < -0.3 is 15.5 Å². The lowest BCUT2D eigenvalue weighted by Gasteiger charge is -2.23. The second-order valence-electron chi connectivity index (χ2n) is 6.08. The number of amides is 2. The summed E-state index contributed by atoms with van der Waals surface area (Å²) in [7, 11) is 0.603. The zero-order chi connectivity index (χ0) is 18.6. The highest BCUT2D eigenvalue weighted by Gasteiger charge is 2.17. The molecule has 0 saturated carbocycles. The van der Waals surface area contributed by atoms with Crippen molar-refractivity contribution >= 4 is 32.9 Å². The molecular formula is C17H23N3O3S2. The van der Waals surface area contributed by atoms with E-state index in [0.717, 1.165) is 11.8 Å². The average molecular weight is 382 g/mol. The molecule has 2 amide bonds. The van der Waals surface area contributed by atoms with Crippen molar-refractivity contribution in [3.63, 3.8) is 0 Å². The first-order valence-corrected chi connectivity index (χ1v) is 10.5. The van der Waals surface area contributed by atoms with Crippen LogP contribution < -0.4 is 10.6 Å². The van der Waals surface area contributed by atoms with Gasteiger partial charge in [-0.15, -0.1) is 11.3 Å². The van der Waals surface area contributed by atoms with Gasteiger partial charge in [-0.05, 0) is 50.2 Å². The van der Waals surface area contributed by atoms with Crippen molar-refractivity contribution in [2.75, 3.05) is 32.2 Å². The number of likely N-dealkylation sites (N-methyl/N-ethyl adjacent to an activating group) is 1. The number of carbonyl (C=O) groups excluding carboxylic acids is 1. The highest BCUT2D eigenvalue weighted by Crippen LogP contribution is 2.23. The van der Waals surface area contributed by atoms with Gasteiger partial charge in [0, 0.05) is 23.4 Å². The summed E-state index contributed by atoms with van der Waals surface area (Å²) in [5.41, 5.74) is 1.28.